The second kappa shape index (κ2) is 3.51. The van der Waals surface area contributed by atoms with Crippen LogP contribution in [-0.2, 0) is 0 Å². The van der Waals surface area contributed by atoms with Crippen LogP contribution in [0.2, 0.25) is 0 Å². The average Bonchev–Trinajstić information content (AvgIpc) is 1.64. The Morgan fingerprint density at radius 2 is 2.00 bits per heavy atom. The third-order valence-corrected chi connectivity index (χ3v) is 1.43. The SMILES string of the molecule is C=C(O)C(CO)C(C)C. The van der Waals surface area contributed by atoms with Gasteiger partial charge in [0.1, 0.15) is 0 Å². The first-order valence-electron chi connectivity index (χ1n) is 3.08. The molecule has 9 heavy (non-hydrogen) atoms. The molecule has 0 spiro atoms. The molecule has 2 nitrogen and oxygen atoms in total. The molecular weight excluding hydrogens is 116 g/mol. The summed E-state index contributed by atoms with van der Waals surface area (Å²) in [4.78, 5) is 0. The van der Waals surface area contributed by atoms with Crippen molar-refractivity contribution >= 4 is 0 Å². The minimum Gasteiger partial charge on any atom is -0.513 e. The van der Waals surface area contributed by atoms with E-state index < -0.39 is 0 Å². The van der Waals surface area contributed by atoms with Crippen LogP contribution in [0, 0.1) is 11.8 Å². The fourth-order valence-corrected chi connectivity index (χ4v) is 0.701. The van der Waals surface area contributed by atoms with Crippen LogP contribution in [0.15, 0.2) is 12.3 Å². The molecule has 0 amide bonds. The molecule has 0 bridgehead atoms. The monoisotopic (exact) mass is 130 g/mol. The standard InChI is InChI=1S/C7H14O2/c1-5(2)7(4-8)6(3)9/h5,7-9H,3-4H2,1-2H3. The molecule has 0 radical (unpaired) electrons. The van der Waals surface area contributed by atoms with Crippen LogP contribution >= 0.6 is 0 Å². The number of aliphatic hydroxyl groups excluding tert-OH is 2. The van der Waals surface area contributed by atoms with Crippen molar-refractivity contribution in [3.63, 3.8) is 0 Å². The molecule has 2 heteroatoms. The Balaban J connectivity index is 3.83. The Kier molecular flexibility index (Phi) is 3.32. The van der Waals surface area contributed by atoms with Crippen molar-refractivity contribution in [3.05, 3.63) is 12.3 Å². The van der Waals surface area contributed by atoms with Gasteiger partial charge >= 0.3 is 0 Å². The summed E-state index contributed by atoms with van der Waals surface area (Å²) < 4.78 is 0. The Hall–Kier alpha value is -0.500. The average molecular weight is 130 g/mol. The molecule has 1 atom stereocenters. The normalized spacial score (nSPS) is 13.8. The lowest BCUT2D eigenvalue weighted by atomic mass is 9.96. The molecular formula is C7H14O2. The summed E-state index contributed by atoms with van der Waals surface area (Å²) in [5.41, 5.74) is 0. The van der Waals surface area contributed by atoms with Crippen LogP contribution in [-0.4, -0.2) is 16.8 Å². The topological polar surface area (TPSA) is 40.5 Å². The van der Waals surface area contributed by atoms with E-state index in [9.17, 15) is 0 Å². The van der Waals surface area contributed by atoms with E-state index in [-0.39, 0.29) is 24.2 Å². The van der Waals surface area contributed by atoms with Crippen molar-refractivity contribution in [3.8, 4) is 0 Å². The van der Waals surface area contributed by atoms with Crippen LogP contribution in [0.3, 0.4) is 0 Å². The third-order valence-electron chi connectivity index (χ3n) is 1.43. The lowest BCUT2D eigenvalue weighted by Gasteiger charge is -2.15. The molecule has 0 saturated carbocycles. The molecule has 0 saturated heterocycles. The molecule has 0 heterocycles. The van der Waals surface area contributed by atoms with Crippen molar-refractivity contribution in [2.75, 3.05) is 6.61 Å². The molecule has 0 fully saturated rings. The van der Waals surface area contributed by atoms with Crippen LogP contribution in [0.1, 0.15) is 13.8 Å². The van der Waals surface area contributed by atoms with E-state index in [0.717, 1.165) is 0 Å². The number of rotatable bonds is 3. The predicted octanol–water partition coefficient (Wildman–Crippen LogP) is 1.32. The highest BCUT2D eigenvalue weighted by Gasteiger charge is 2.13. The van der Waals surface area contributed by atoms with Crippen molar-refractivity contribution in [1.29, 1.82) is 0 Å². The zero-order valence-electron chi connectivity index (χ0n) is 5.96. The van der Waals surface area contributed by atoms with Gasteiger partial charge in [0.05, 0.1) is 12.4 Å². The Morgan fingerprint density at radius 3 is 2.00 bits per heavy atom. The molecule has 2 N–H and O–H groups in total. The van der Waals surface area contributed by atoms with E-state index >= 15 is 0 Å². The van der Waals surface area contributed by atoms with Gasteiger partial charge in [0, 0.05) is 5.92 Å². The van der Waals surface area contributed by atoms with Crippen molar-refractivity contribution in [2.24, 2.45) is 11.8 Å². The summed E-state index contributed by atoms with van der Waals surface area (Å²) in [7, 11) is 0. The molecule has 0 aromatic heterocycles. The largest absolute Gasteiger partial charge is 0.513 e. The molecule has 0 aromatic carbocycles. The van der Waals surface area contributed by atoms with Crippen LogP contribution in [0.25, 0.3) is 0 Å². The van der Waals surface area contributed by atoms with E-state index in [1.165, 1.54) is 0 Å². The Bertz CT molecular complexity index is 97.1. The van der Waals surface area contributed by atoms with Gasteiger partial charge < -0.3 is 10.2 Å². The summed E-state index contributed by atoms with van der Waals surface area (Å²) in [5, 5.41) is 17.5. The summed E-state index contributed by atoms with van der Waals surface area (Å²) in [5.74, 6) is 0.171. The van der Waals surface area contributed by atoms with E-state index in [1.54, 1.807) is 0 Å². The summed E-state index contributed by atoms with van der Waals surface area (Å²) >= 11 is 0. The molecule has 0 aliphatic heterocycles. The minimum absolute atomic E-state index is 0.0208. The number of hydrogen-bond donors (Lipinski definition) is 2. The quantitative estimate of drug-likeness (QED) is 0.566. The lowest BCUT2D eigenvalue weighted by molar-refractivity contribution is 0.171. The summed E-state index contributed by atoms with van der Waals surface area (Å²) in [6, 6.07) is 0. The first-order valence-corrected chi connectivity index (χ1v) is 3.08. The first kappa shape index (κ1) is 8.50. The maximum Gasteiger partial charge on any atom is 0.0907 e. The van der Waals surface area contributed by atoms with Gasteiger partial charge in [-0.25, -0.2) is 0 Å². The third kappa shape index (κ3) is 2.51. The second-order valence-corrected chi connectivity index (χ2v) is 2.52. The maximum atomic E-state index is 8.83. The van der Waals surface area contributed by atoms with Crippen LogP contribution in [0.5, 0.6) is 0 Å². The van der Waals surface area contributed by atoms with Crippen LogP contribution in [0.4, 0.5) is 0 Å². The lowest BCUT2D eigenvalue weighted by Crippen LogP contribution is -2.14. The Labute approximate surface area is 55.8 Å². The predicted molar refractivity (Wildman–Crippen MR) is 37.2 cm³/mol. The highest BCUT2D eigenvalue weighted by molar-refractivity contribution is 4.89. The highest BCUT2D eigenvalue weighted by Crippen LogP contribution is 2.15. The summed E-state index contributed by atoms with van der Waals surface area (Å²) in [6.07, 6.45) is 0. The molecule has 0 rings (SSSR count). The van der Waals surface area contributed by atoms with Gasteiger partial charge in [-0.1, -0.05) is 20.4 Å². The van der Waals surface area contributed by atoms with Gasteiger partial charge in [0.15, 0.2) is 0 Å². The van der Waals surface area contributed by atoms with Gasteiger partial charge in [-0.05, 0) is 5.92 Å². The van der Waals surface area contributed by atoms with E-state index in [4.69, 9.17) is 10.2 Å². The van der Waals surface area contributed by atoms with Crippen molar-refractivity contribution < 1.29 is 10.2 Å². The Morgan fingerprint density at radius 1 is 1.56 bits per heavy atom. The van der Waals surface area contributed by atoms with Gasteiger partial charge in [-0.2, -0.15) is 0 Å². The van der Waals surface area contributed by atoms with Crippen molar-refractivity contribution in [1.82, 2.24) is 0 Å². The van der Waals surface area contributed by atoms with Gasteiger partial charge in [-0.15, -0.1) is 0 Å². The second-order valence-electron chi connectivity index (χ2n) is 2.52. The summed E-state index contributed by atoms with van der Waals surface area (Å²) in [6.45, 7) is 7.19. The zero-order valence-corrected chi connectivity index (χ0v) is 5.96. The number of hydrogen-bond acceptors (Lipinski definition) is 2. The maximum absolute atomic E-state index is 8.83. The van der Waals surface area contributed by atoms with E-state index in [1.807, 2.05) is 13.8 Å². The van der Waals surface area contributed by atoms with Gasteiger partial charge in [0.2, 0.25) is 0 Å². The van der Waals surface area contributed by atoms with Gasteiger partial charge in [-0.3, -0.25) is 0 Å². The highest BCUT2D eigenvalue weighted by atomic mass is 16.3. The van der Waals surface area contributed by atoms with Crippen LogP contribution < -0.4 is 0 Å². The molecule has 54 valence electrons. The fourth-order valence-electron chi connectivity index (χ4n) is 0.701. The van der Waals surface area contributed by atoms with E-state index in [2.05, 4.69) is 6.58 Å². The first-order chi connectivity index (χ1) is 4.09. The zero-order chi connectivity index (χ0) is 7.44. The van der Waals surface area contributed by atoms with Crippen molar-refractivity contribution in [2.45, 2.75) is 13.8 Å². The molecule has 0 aliphatic carbocycles. The fraction of sp³-hybridized carbons (Fsp3) is 0.714. The van der Waals surface area contributed by atoms with Gasteiger partial charge in [0.25, 0.3) is 0 Å². The number of aliphatic hydroxyl groups is 2. The minimum atomic E-state index is -0.162. The molecule has 0 aliphatic rings. The molecule has 1 unspecified atom stereocenters. The van der Waals surface area contributed by atoms with E-state index in [0.29, 0.717) is 0 Å². The smallest absolute Gasteiger partial charge is 0.0907 e. The molecule has 0 aromatic rings.